The second-order valence-corrected chi connectivity index (χ2v) is 10.2. The summed E-state index contributed by atoms with van der Waals surface area (Å²) in [4.78, 5) is 11.5. The van der Waals surface area contributed by atoms with Gasteiger partial charge < -0.3 is 9.47 Å². The zero-order valence-corrected chi connectivity index (χ0v) is 21.1. The topological polar surface area (TPSA) is 35.5 Å². The van der Waals surface area contributed by atoms with Gasteiger partial charge in [0.15, 0.2) is 6.29 Å². The number of thiophene rings is 2. The van der Waals surface area contributed by atoms with Crippen LogP contribution in [0.2, 0.25) is 0 Å². The zero-order valence-electron chi connectivity index (χ0n) is 19.5. The maximum atomic E-state index is 10.8. The zero-order chi connectivity index (χ0) is 24.6. The molecule has 6 aromatic rings. The summed E-state index contributed by atoms with van der Waals surface area (Å²) in [7, 11) is 0. The highest BCUT2D eigenvalue weighted by Crippen LogP contribution is 2.29. The quantitative estimate of drug-likeness (QED) is 0.202. The molecule has 4 aromatic carbocycles. The number of aldehydes is 1. The van der Waals surface area contributed by atoms with Crippen molar-refractivity contribution in [1.82, 2.24) is 0 Å². The molecule has 0 unspecified atom stereocenters. The van der Waals surface area contributed by atoms with Crippen LogP contribution in [-0.2, 0) is 13.2 Å². The minimum absolute atomic E-state index is 0.554. The highest BCUT2D eigenvalue weighted by Gasteiger charge is 2.03. The molecule has 2 aromatic heterocycles. The van der Waals surface area contributed by atoms with E-state index in [0.29, 0.717) is 13.2 Å². The Bertz CT molecular complexity index is 1550. The summed E-state index contributed by atoms with van der Waals surface area (Å²) in [5.41, 5.74) is 2.33. The summed E-state index contributed by atoms with van der Waals surface area (Å²) in [5.74, 6) is 1.76. The Morgan fingerprint density at radius 2 is 1.19 bits per heavy atom. The largest absolute Gasteiger partial charge is 0.489 e. The number of fused-ring (bicyclic) bond motifs is 2. The lowest BCUT2D eigenvalue weighted by Gasteiger charge is -2.06. The van der Waals surface area contributed by atoms with Crippen molar-refractivity contribution in [3.8, 4) is 11.5 Å². The molecule has 3 nitrogen and oxygen atoms in total. The Balaban J connectivity index is 0.000000149. The predicted molar refractivity (Wildman–Crippen MR) is 151 cm³/mol. The van der Waals surface area contributed by atoms with Gasteiger partial charge in [0.25, 0.3) is 0 Å². The minimum Gasteiger partial charge on any atom is -0.489 e. The standard InChI is InChI=1S/C16H12O2S.C15H12OS/c17-10-15-8-13-6-7-14(9-16(13)19-15)18-11-12-4-2-1-3-5-12;1-2-4-12(5-3-1)11-16-14-7-6-13-8-9-17-15(13)10-14/h1-10H,11H2;1-10H,11H2. The third-order valence-electron chi connectivity index (χ3n) is 5.55. The Labute approximate surface area is 218 Å². The van der Waals surface area contributed by atoms with Gasteiger partial charge in [-0.25, -0.2) is 0 Å². The molecule has 0 saturated heterocycles. The monoisotopic (exact) mass is 508 g/mol. The molecule has 0 fully saturated rings. The average Bonchev–Trinajstić information content (AvgIpc) is 3.58. The molecule has 0 saturated carbocycles. The van der Waals surface area contributed by atoms with Crippen molar-refractivity contribution >= 4 is 49.1 Å². The molecule has 0 amide bonds. The second-order valence-electron chi connectivity index (χ2n) is 8.14. The molecule has 0 aliphatic rings. The van der Waals surface area contributed by atoms with Crippen molar-refractivity contribution < 1.29 is 14.3 Å². The van der Waals surface area contributed by atoms with Gasteiger partial charge in [-0.05, 0) is 75.8 Å². The van der Waals surface area contributed by atoms with Gasteiger partial charge in [-0.2, -0.15) is 0 Å². The van der Waals surface area contributed by atoms with Gasteiger partial charge in [0.2, 0.25) is 0 Å². The maximum Gasteiger partial charge on any atom is 0.160 e. The van der Waals surface area contributed by atoms with Crippen LogP contribution in [0.25, 0.3) is 20.2 Å². The van der Waals surface area contributed by atoms with Crippen LogP contribution in [0, 0.1) is 0 Å². The molecule has 178 valence electrons. The van der Waals surface area contributed by atoms with E-state index in [1.807, 2.05) is 78.9 Å². The fraction of sp³-hybridized carbons (Fsp3) is 0.0645. The molecule has 2 heterocycles. The lowest BCUT2D eigenvalue weighted by Crippen LogP contribution is -1.94. The molecular weight excluding hydrogens is 484 g/mol. The van der Waals surface area contributed by atoms with Crippen molar-refractivity contribution in [2.75, 3.05) is 0 Å². The molecule has 0 bridgehead atoms. The third-order valence-corrected chi connectivity index (χ3v) is 7.45. The van der Waals surface area contributed by atoms with Crippen molar-refractivity contribution in [3.05, 3.63) is 131 Å². The number of carbonyl (C=O) groups excluding carboxylic acids is 1. The van der Waals surface area contributed by atoms with E-state index in [1.165, 1.54) is 27.0 Å². The lowest BCUT2D eigenvalue weighted by atomic mass is 10.2. The van der Waals surface area contributed by atoms with Gasteiger partial charge >= 0.3 is 0 Å². The highest BCUT2D eigenvalue weighted by molar-refractivity contribution is 7.20. The molecule has 0 radical (unpaired) electrons. The first-order valence-electron chi connectivity index (χ1n) is 11.6. The van der Waals surface area contributed by atoms with Gasteiger partial charge in [0.05, 0.1) is 4.88 Å². The first kappa shape index (κ1) is 23.8. The number of benzene rings is 4. The molecule has 0 atom stereocenters. The minimum atomic E-state index is 0.554. The number of rotatable bonds is 7. The van der Waals surface area contributed by atoms with Gasteiger partial charge in [0, 0.05) is 9.40 Å². The second kappa shape index (κ2) is 11.7. The molecule has 0 aliphatic carbocycles. The van der Waals surface area contributed by atoms with Gasteiger partial charge in [0.1, 0.15) is 24.7 Å². The summed E-state index contributed by atoms with van der Waals surface area (Å²) < 4.78 is 13.9. The Morgan fingerprint density at radius 3 is 1.81 bits per heavy atom. The third kappa shape index (κ3) is 6.19. The number of hydrogen-bond donors (Lipinski definition) is 0. The normalized spacial score (nSPS) is 10.6. The van der Waals surface area contributed by atoms with Crippen molar-refractivity contribution in [1.29, 1.82) is 0 Å². The summed E-state index contributed by atoms with van der Waals surface area (Å²) in [6.45, 7) is 1.18. The van der Waals surface area contributed by atoms with Crippen molar-refractivity contribution in [2.45, 2.75) is 13.2 Å². The van der Waals surface area contributed by atoms with Gasteiger partial charge in [-0.1, -0.05) is 60.7 Å². The summed E-state index contributed by atoms with van der Waals surface area (Å²) in [6.07, 6.45) is 0.884. The molecular formula is C31H24O3S2. The van der Waals surface area contributed by atoms with Crippen LogP contribution in [0.3, 0.4) is 0 Å². The van der Waals surface area contributed by atoms with E-state index >= 15 is 0 Å². The SMILES string of the molecule is O=Cc1cc2ccc(OCc3ccccc3)cc2s1.c1ccc(COc2ccc3ccsc3c2)cc1. The fourth-order valence-electron chi connectivity index (χ4n) is 3.69. The van der Waals surface area contributed by atoms with E-state index in [1.54, 1.807) is 11.3 Å². The molecule has 0 spiro atoms. The predicted octanol–water partition coefficient (Wildman–Crippen LogP) is 8.77. The lowest BCUT2D eigenvalue weighted by molar-refractivity contribution is 0.112. The van der Waals surface area contributed by atoms with E-state index in [0.717, 1.165) is 38.3 Å². The number of hydrogen-bond acceptors (Lipinski definition) is 5. The molecule has 6 rings (SSSR count). The van der Waals surface area contributed by atoms with Crippen LogP contribution < -0.4 is 9.47 Å². The Hall–Kier alpha value is -3.93. The average molecular weight is 509 g/mol. The van der Waals surface area contributed by atoms with Crippen LogP contribution in [0.5, 0.6) is 11.5 Å². The van der Waals surface area contributed by atoms with Crippen LogP contribution in [0.15, 0.2) is 115 Å². The van der Waals surface area contributed by atoms with Crippen LogP contribution >= 0.6 is 22.7 Å². The summed E-state index contributed by atoms with van der Waals surface area (Å²) >= 11 is 3.23. The van der Waals surface area contributed by atoms with E-state index in [2.05, 4.69) is 35.7 Å². The number of ether oxygens (including phenoxy) is 2. The van der Waals surface area contributed by atoms with Crippen molar-refractivity contribution in [3.63, 3.8) is 0 Å². The first-order chi connectivity index (χ1) is 17.8. The molecule has 0 N–H and O–H groups in total. The Kier molecular flexibility index (Phi) is 7.71. The molecule has 36 heavy (non-hydrogen) atoms. The first-order valence-corrected chi connectivity index (χ1v) is 13.3. The van der Waals surface area contributed by atoms with Crippen LogP contribution in [0.4, 0.5) is 0 Å². The van der Waals surface area contributed by atoms with E-state index in [-0.39, 0.29) is 0 Å². The van der Waals surface area contributed by atoms with Crippen molar-refractivity contribution in [2.24, 2.45) is 0 Å². The van der Waals surface area contributed by atoms with E-state index in [9.17, 15) is 4.79 Å². The smallest absolute Gasteiger partial charge is 0.160 e. The fourth-order valence-corrected chi connectivity index (χ4v) is 5.41. The molecule has 0 aliphatic heterocycles. The van der Waals surface area contributed by atoms with E-state index < -0.39 is 0 Å². The maximum absolute atomic E-state index is 10.8. The highest BCUT2D eigenvalue weighted by atomic mass is 32.1. The van der Waals surface area contributed by atoms with Gasteiger partial charge in [-0.3, -0.25) is 4.79 Å². The number of carbonyl (C=O) groups is 1. The summed E-state index contributed by atoms with van der Waals surface area (Å²) in [5, 5.41) is 4.47. The van der Waals surface area contributed by atoms with Crippen LogP contribution in [0.1, 0.15) is 20.8 Å². The summed E-state index contributed by atoms with van der Waals surface area (Å²) in [6, 6.07) is 36.4. The molecule has 5 heteroatoms. The Morgan fingerprint density at radius 1 is 0.611 bits per heavy atom. The van der Waals surface area contributed by atoms with Crippen LogP contribution in [-0.4, -0.2) is 6.29 Å². The van der Waals surface area contributed by atoms with E-state index in [4.69, 9.17) is 9.47 Å². The van der Waals surface area contributed by atoms with Gasteiger partial charge in [-0.15, -0.1) is 22.7 Å².